The van der Waals surface area contributed by atoms with Crippen LogP contribution in [0.15, 0.2) is 18.2 Å². The first-order valence-electron chi connectivity index (χ1n) is 4.42. The molecule has 1 nitrogen and oxygen atoms in total. The summed E-state index contributed by atoms with van der Waals surface area (Å²) in [6.45, 7) is 0.949. The Balaban J connectivity index is 2.74. The van der Waals surface area contributed by atoms with Crippen LogP contribution in [0.2, 0.25) is 10.0 Å². The van der Waals surface area contributed by atoms with E-state index in [0.717, 1.165) is 24.4 Å². The monoisotopic (exact) mass is 249 g/mol. The number of hydrogen-bond donors (Lipinski definition) is 1. The molecule has 4 heteroatoms. The standard InChI is InChI=1S/C10H13Cl2NS/c1-13(5-2-6-14)10-4-3-8(11)7-9(10)12/h3-4,7,14H,2,5-6H2,1H3. The molecule has 0 N–H and O–H groups in total. The molecule has 0 aliphatic heterocycles. The van der Waals surface area contributed by atoms with Crippen molar-refractivity contribution in [2.24, 2.45) is 0 Å². The van der Waals surface area contributed by atoms with Crippen LogP contribution in [0.5, 0.6) is 0 Å². The average Bonchev–Trinajstić information content (AvgIpc) is 2.14. The van der Waals surface area contributed by atoms with Crippen molar-refractivity contribution in [1.29, 1.82) is 0 Å². The highest BCUT2D eigenvalue weighted by molar-refractivity contribution is 7.80. The molecule has 0 aromatic heterocycles. The van der Waals surface area contributed by atoms with Crippen molar-refractivity contribution < 1.29 is 0 Å². The van der Waals surface area contributed by atoms with E-state index >= 15 is 0 Å². The second-order valence-electron chi connectivity index (χ2n) is 3.09. The van der Waals surface area contributed by atoms with Crippen LogP contribution in [0.4, 0.5) is 5.69 Å². The SMILES string of the molecule is CN(CCCS)c1ccc(Cl)cc1Cl. The van der Waals surface area contributed by atoms with Crippen LogP contribution >= 0.6 is 35.8 Å². The first kappa shape index (κ1) is 12.0. The fraction of sp³-hybridized carbons (Fsp3) is 0.400. The van der Waals surface area contributed by atoms with Crippen molar-refractivity contribution in [2.45, 2.75) is 6.42 Å². The van der Waals surface area contributed by atoms with Crippen LogP contribution in [0.1, 0.15) is 6.42 Å². The van der Waals surface area contributed by atoms with Gasteiger partial charge in [-0.05, 0) is 30.4 Å². The van der Waals surface area contributed by atoms with E-state index in [-0.39, 0.29) is 0 Å². The van der Waals surface area contributed by atoms with Crippen LogP contribution in [-0.2, 0) is 0 Å². The molecule has 0 saturated carbocycles. The molecular weight excluding hydrogens is 237 g/mol. The van der Waals surface area contributed by atoms with Crippen molar-refractivity contribution in [1.82, 2.24) is 0 Å². The summed E-state index contributed by atoms with van der Waals surface area (Å²) < 4.78 is 0. The largest absolute Gasteiger partial charge is 0.373 e. The van der Waals surface area contributed by atoms with Crippen LogP contribution in [0, 0.1) is 0 Å². The highest BCUT2D eigenvalue weighted by Gasteiger charge is 2.05. The Hall–Kier alpha value is -0.0500. The molecule has 0 radical (unpaired) electrons. The number of benzene rings is 1. The summed E-state index contributed by atoms with van der Waals surface area (Å²) in [4.78, 5) is 2.11. The maximum absolute atomic E-state index is 6.06. The number of rotatable bonds is 4. The first-order valence-corrected chi connectivity index (χ1v) is 5.81. The molecule has 0 amide bonds. The molecule has 1 aromatic carbocycles. The summed E-state index contributed by atoms with van der Waals surface area (Å²) in [5.41, 5.74) is 1.01. The van der Waals surface area contributed by atoms with Crippen LogP contribution in [-0.4, -0.2) is 19.3 Å². The predicted molar refractivity (Wildman–Crippen MR) is 68.2 cm³/mol. The number of nitrogens with zero attached hydrogens (tertiary/aromatic N) is 1. The van der Waals surface area contributed by atoms with E-state index in [1.54, 1.807) is 6.07 Å². The normalized spacial score (nSPS) is 10.3. The summed E-state index contributed by atoms with van der Waals surface area (Å²) in [6.07, 6.45) is 1.04. The minimum atomic E-state index is 0.668. The van der Waals surface area contributed by atoms with E-state index in [0.29, 0.717) is 10.0 Å². The van der Waals surface area contributed by atoms with Crippen LogP contribution < -0.4 is 4.90 Å². The van der Waals surface area contributed by atoms with Crippen molar-refractivity contribution in [2.75, 3.05) is 24.2 Å². The Labute approximate surface area is 100 Å². The summed E-state index contributed by atoms with van der Waals surface area (Å²) in [7, 11) is 2.01. The maximum Gasteiger partial charge on any atom is 0.0654 e. The zero-order valence-electron chi connectivity index (χ0n) is 8.00. The van der Waals surface area contributed by atoms with E-state index in [2.05, 4.69) is 17.5 Å². The van der Waals surface area contributed by atoms with Gasteiger partial charge in [0.15, 0.2) is 0 Å². The summed E-state index contributed by atoms with van der Waals surface area (Å²) >= 11 is 16.0. The third-order valence-electron chi connectivity index (χ3n) is 1.97. The van der Waals surface area contributed by atoms with Crippen LogP contribution in [0.25, 0.3) is 0 Å². The van der Waals surface area contributed by atoms with Crippen LogP contribution in [0.3, 0.4) is 0 Å². The van der Waals surface area contributed by atoms with Crippen molar-refractivity contribution in [3.63, 3.8) is 0 Å². The van der Waals surface area contributed by atoms with Gasteiger partial charge < -0.3 is 4.90 Å². The van der Waals surface area contributed by atoms with Crippen molar-refractivity contribution in [3.8, 4) is 0 Å². The third kappa shape index (κ3) is 3.26. The predicted octanol–water partition coefficient (Wildman–Crippen LogP) is 3.75. The molecule has 0 spiro atoms. The van der Waals surface area contributed by atoms with Gasteiger partial charge in [-0.15, -0.1) is 0 Å². The third-order valence-corrected chi connectivity index (χ3v) is 2.83. The molecule has 1 aromatic rings. The van der Waals surface area contributed by atoms with Gasteiger partial charge in [-0.3, -0.25) is 0 Å². The minimum absolute atomic E-state index is 0.668. The van der Waals surface area contributed by atoms with Gasteiger partial charge >= 0.3 is 0 Å². The zero-order valence-corrected chi connectivity index (χ0v) is 10.4. The van der Waals surface area contributed by atoms with Gasteiger partial charge in [0.05, 0.1) is 10.7 Å². The second-order valence-corrected chi connectivity index (χ2v) is 4.39. The molecule has 0 saturated heterocycles. The van der Waals surface area contributed by atoms with Crippen molar-refractivity contribution >= 4 is 41.5 Å². The Morgan fingerprint density at radius 2 is 2.07 bits per heavy atom. The van der Waals surface area contributed by atoms with Gasteiger partial charge in [-0.2, -0.15) is 12.6 Å². The van der Waals surface area contributed by atoms with E-state index < -0.39 is 0 Å². The molecule has 78 valence electrons. The zero-order chi connectivity index (χ0) is 10.6. The van der Waals surface area contributed by atoms with E-state index in [1.165, 1.54) is 0 Å². The van der Waals surface area contributed by atoms with E-state index in [4.69, 9.17) is 23.2 Å². The number of hydrogen-bond acceptors (Lipinski definition) is 2. The molecule has 1 rings (SSSR count). The van der Waals surface area contributed by atoms with E-state index in [1.807, 2.05) is 19.2 Å². The molecule has 0 bridgehead atoms. The molecule has 0 heterocycles. The Kier molecular flexibility index (Phi) is 4.93. The highest BCUT2D eigenvalue weighted by Crippen LogP contribution is 2.27. The average molecular weight is 250 g/mol. The molecule has 0 aliphatic carbocycles. The minimum Gasteiger partial charge on any atom is -0.373 e. The Morgan fingerprint density at radius 3 is 2.64 bits per heavy atom. The molecule has 0 atom stereocenters. The summed E-state index contributed by atoms with van der Waals surface area (Å²) in [5.74, 6) is 0.884. The van der Waals surface area contributed by atoms with Gasteiger partial charge in [-0.25, -0.2) is 0 Å². The van der Waals surface area contributed by atoms with Gasteiger partial charge in [-0.1, -0.05) is 23.2 Å². The molecule has 0 aliphatic rings. The lowest BCUT2D eigenvalue weighted by Gasteiger charge is -2.20. The molecule has 0 fully saturated rings. The van der Waals surface area contributed by atoms with Gasteiger partial charge in [0.1, 0.15) is 0 Å². The highest BCUT2D eigenvalue weighted by atomic mass is 35.5. The van der Waals surface area contributed by atoms with Gasteiger partial charge in [0.2, 0.25) is 0 Å². The summed E-state index contributed by atoms with van der Waals surface area (Å²) in [5, 5.41) is 1.36. The number of thiol groups is 1. The lowest BCUT2D eigenvalue weighted by molar-refractivity contribution is 0.861. The fourth-order valence-electron chi connectivity index (χ4n) is 1.22. The molecule has 0 unspecified atom stereocenters. The second kappa shape index (κ2) is 5.74. The summed E-state index contributed by atoms with van der Waals surface area (Å²) in [6, 6.07) is 5.54. The lowest BCUT2D eigenvalue weighted by Crippen LogP contribution is -2.19. The Morgan fingerprint density at radius 1 is 1.36 bits per heavy atom. The maximum atomic E-state index is 6.06. The van der Waals surface area contributed by atoms with E-state index in [9.17, 15) is 0 Å². The quantitative estimate of drug-likeness (QED) is 0.796. The Bertz CT molecular complexity index is 304. The molecular formula is C10H13Cl2NS. The molecule has 14 heavy (non-hydrogen) atoms. The smallest absolute Gasteiger partial charge is 0.0654 e. The fourth-order valence-corrected chi connectivity index (χ4v) is 1.91. The lowest BCUT2D eigenvalue weighted by atomic mass is 10.3. The number of halogens is 2. The first-order chi connectivity index (χ1) is 6.65. The van der Waals surface area contributed by atoms with Gasteiger partial charge in [0, 0.05) is 18.6 Å². The van der Waals surface area contributed by atoms with Gasteiger partial charge in [0.25, 0.3) is 0 Å². The number of anilines is 1. The van der Waals surface area contributed by atoms with Crippen molar-refractivity contribution in [3.05, 3.63) is 28.2 Å². The topological polar surface area (TPSA) is 3.24 Å².